The van der Waals surface area contributed by atoms with Gasteiger partial charge in [-0.25, -0.2) is 4.98 Å². The highest BCUT2D eigenvalue weighted by molar-refractivity contribution is 5.62. The number of hydrogen-bond donors (Lipinski definition) is 1. The molecule has 2 aromatic rings. The molecule has 0 amide bonds. The van der Waals surface area contributed by atoms with E-state index < -0.39 is 0 Å². The maximum absolute atomic E-state index is 4.67. The lowest BCUT2D eigenvalue weighted by Crippen LogP contribution is -2.03. The Morgan fingerprint density at radius 1 is 1.12 bits per heavy atom. The van der Waals surface area contributed by atoms with Crippen LogP contribution in [0.25, 0.3) is 11.3 Å². The van der Waals surface area contributed by atoms with Crippen molar-refractivity contribution in [3.63, 3.8) is 0 Å². The van der Waals surface area contributed by atoms with Gasteiger partial charge in [-0.15, -0.1) is 0 Å². The lowest BCUT2D eigenvalue weighted by molar-refractivity contribution is 1.11. The largest absolute Gasteiger partial charge is 0.367 e. The third-order valence-electron chi connectivity index (χ3n) is 2.97. The smallest absolute Gasteiger partial charge is 0.127 e. The molecule has 17 heavy (non-hydrogen) atoms. The average molecular weight is 224 g/mol. The molecule has 0 radical (unpaired) electrons. The molecule has 0 atom stereocenters. The number of hydrogen-bond acceptors (Lipinski definition) is 2. The molecule has 0 bridgehead atoms. The monoisotopic (exact) mass is 224 g/mol. The van der Waals surface area contributed by atoms with Crippen LogP contribution in [0.3, 0.4) is 0 Å². The summed E-state index contributed by atoms with van der Waals surface area (Å²) in [5, 5.41) is 3.46. The first-order valence-electron chi connectivity index (χ1n) is 6.12. The van der Waals surface area contributed by atoms with Crippen LogP contribution in [0.4, 0.5) is 5.82 Å². The van der Waals surface area contributed by atoms with E-state index in [4.69, 9.17) is 0 Å². The van der Waals surface area contributed by atoms with Gasteiger partial charge in [0.15, 0.2) is 0 Å². The van der Waals surface area contributed by atoms with Crippen LogP contribution in [-0.4, -0.2) is 11.0 Å². The molecule has 1 heterocycles. The summed E-state index contributed by atoms with van der Waals surface area (Å²) in [7, 11) is 0. The minimum absolute atomic E-state index is 0.646. The summed E-state index contributed by atoms with van der Waals surface area (Å²) in [4.78, 5) is 4.67. The summed E-state index contributed by atoms with van der Waals surface area (Å²) in [6, 6.07) is 15.2. The fourth-order valence-corrected chi connectivity index (χ4v) is 1.93. The molecule has 0 spiro atoms. The van der Waals surface area contributed by atoms with Crippen molar-refractivity contribution in [3.05, 3.63) is 48.0 Å². The van der Waals surface area contributed by atoms with E-state index in [1.807, 2.05) is 18.2 Å². The second-order valence-corrected chi connectivity index (χ2v) is 4.70. The minimum atomic E-state index is 0.646. The van der Waals surface area contributed by atoms with Crippen LogP contribution in [0, 0.1) is 6.92 Å². The van der Waals surface area contributed by atoms with Crippen LogP contribution in [0.15, 0.2) is 42.5 Å². The number of benzene rings is 1. The van der Waals surface area contributed by atoms with E-state index in [1.54, 1.807) is 0 Å². The van der Waals surface area contributed by atoms with Crippen LogP contribution in [0.1, 0.15) is 18.4 Å². The van der Waals surface area contributed by atoms with Gasteiger partial charge in [0.1, 0.15) is 5.82 Å². The molecule has 86 valence electrons. The summed E-state index contributed by atoms with van der Waals surface area (Å²) in [6.45, 7) is 2.12. The van der Waals surface area contributed by atoms with Gasteiger partial charge in [0.05, 0.1) is 5.69 Å². The Morgan fingerprint density at radius 3 is 2.59 bits per heavy atom. The summed E-state index contributed by atoms with van der Waals surface area (Å²) in [5.74, 6) is 1.01. The molecule has 2 nitrogen and oxygen atoms in total. The summed E-state index contributed by atoms with van der Waals surface area (Å²) >= 11 is 0. The van der Waals surface area contributed by atoms with Gasteiger partial charge in [-0.2, -0.15) is 0 Å². The van der Waals surface area contributed by atoms with Crippen molar-refractivity contribution < 1.29 is 0 Å². The second kappa shape index (κ2) is 4.21. The zero-order chi connectivity index (χ0) is 11.7. The Kier molecular flexibility index (Phi) is 2.56. The topological polar surface area (TPSA) is 24.9 Å². The lowest BCUT2D eigenvalue weighted by Gasteiger charge is -2.08. The quantitative estimate of drug-likeness (QED) is 0.861. The van der Waals surface area contributed by atoms with E-state index in [0.717, 1.165) is 11.5 Å². The highest BCUT2D eigenvalue weighted by Gasteiger charge is 2.21. The fraction of sp³-hybridized carbons (Fsp3) is 0.267. The zero-order valence-electron chi connectivity index (χ0n) is 9.98. The maximum Gasteiger partial charge on any atom is 0.127 e. The molecule has 2 heteroatoms. The standard InChI is InChI=1S/C15H16N2/c1-11-9-14(12-5-3-2-4-6-12)17-15(10-11)16-13-7-8-13/h2-6,9-10,13H,7-8H2,1H3,(H,16,17). The number of anilines is 1. The molecule has 0 unspecified atom stereocenters. The fourth-order valence-electron chi connectivity index (χ4n) is 1.93. The molecule has 3 rings (SSSR count). The molecule has 1 aromatic heterocycles. The van der Waals surface area contributed by atoms with Crippen LogP contribution < -0.4 is 5.32 Å². The normalized spacial score (nSPS) is 14.6. The predicted octanol–water partition coefficient (Wildman–Crippen LogP) is 3.63. The lowest BCUT2D eigenvalue weighted by atomic mass is 10.1. The van der Waals surface area contributed by atoms with E-state index in [1.165, 1.54) is 24.0 Å². The van der Waals surface area contributed by atoms with Gasteiger partial charge >= 0.3 is 0 Å². The van der Waals surface area contributed by atoms with Gasteiger partial charge in [0.2, 0.25) is 0 Å². The van der Waals surface area contributed by atoms with Crippen molar-refractivity contribution in [2.75, 3.05) is 5.32 Å². The first-order valence-corrected chi connectivity index (χ1v) is 6.12. The van der Waals surface area contributed by atoms with E-state index >= 15 is 0 Å². The highest BCUT2D eigenvalue weighted by atomic mass is 15.0. The summed E-state index contributed by atoms with van der Waals surface area (Å²) in [5.41, 5.74) is 3.48. The van der Waals surface area contributed by atoms with Crippen molar-refractivity contribution in [2.45, 2.75) is 25.8 Å². The van der Waals surface area contributed by atoms with Crippen molar-refractivity contribution >= 4 is 5.82 Å². The highest BCUT2D eigenvalue weighted by Crippen LogP contribution is 2.26. The predicted molar refractivity (Wildman–Crippen MR) is 71.1 cm³/mol. The van der Waals surface area contributed by atoms with Crippen LogP contribution in [-0.2, 0) is 0 Å². The molecular weight excluding hydrogens is 208 g/mol. The van der Waals surface area contributed by atoms with Crippen molar-refractivity contribution in [2.24, 2.45) is 0 Å². The second-order valence-electron chi connectivity index (χ2n) is 4.70. The number of nitrogens with one attached hydrogen (secondary N) is 1. The Labute approximate surface area is 102 Å². The van der Waals surface area contributed by atoms with Gasteiger partial charge in [0, 0.05) is 11.6 Å². The molecule has 1 aliphatic rings. The van der Waals surface area contributed by atoms with E-state index in [-0.39, 0.29) is 0 Å². The molecular formula is C15H16N2. The molecule has 1 aromatic carbocycles. The van der Waals surface area contributed by atoms with Crippen LogP contribution in [0.5, 0.6) is 0 Å². The van der Waals surface area contributed by atoms with Gasteiger partial charge in [-0.1, -0.05) is 30.3 Å². The van der Waals surface area contributed by atoms with Gasteiger partial charge in [-0.3, -0.25) is 0 Å². The molecule has 1 N–H and O–H groups in total. The Hall–Kier alpha value is -1.83. The minimum Gasteiger partial charge on any atom is -0.367 e. The average Bonchev–Trinajstić information content (AvgIpc) is 3.13. The first-order chi connectivity index (χ1) is 8.31. The van der Waals surface area contributed by atoms with Gasteiger partial charge in [-0.05, 0) is 37.5 Å². The molecule has 1 fully saturated rings. The molecule has 0 aliphatic heterocycles. The Morgan fingerprint density at radius 2 is 1.88 bits per heavy atom. The molecule has 1 aliphatic carbocycles. The van der Waals surface area contributed by atoms with Crippen molar-refractivity contribution in [1.29, 1.82) is 0 Å². The van der Waals surface area contributed by atoms with E-state index in [9.17, 15) is 0 Å². The first kappa shape index (κ1) is 10.3. The van der Waals surface area contributed by atoms with Crippen molar-refractivity contribution in [1.82, 2.24) is 4.98 Å². The molecule has 1 saturated carbocycles. The number of nitrogens with zero attached hydrogens (tertiary/aromatic N) is 1. The summed E-state index contributed by atoms with van der Waals surface area (Å²) in [6.07, 6.45) is 2.55. The van der Waals surface area contributed by atoms with E-state index in [2.05, 4.69) is 41.5 Å². The van der Waals surface area contributed by atoms with Crippen LogP contribution >= 0.6 is 0 Å². The SMILES string of the molecule is Cc1cc(NC2CC2)nc(-c2ccccc2)c1. The summed E-state index contributed by atoms with van der Waals surface area (Å²) < 4.78 is 0. The number of aromatic nitrogens is 1. The number of pyridine rings is 1. The van der Waals surface area contributed by atoms with Crippen molar-refractivity contribution in [3.8, 4) is 11.3 Å². The van der Waals surface area contributed by atoms with Gasteiger partial charge in [0.25, 0.3) is 0 Å². The third-order valence-corrected chi connectivity index (χ3v) is 2.97. The zero-order valence-corrected chi connectivity index (χ0v) is 9.98. The van der Waals surface area contributed by atoms with E-state index in [0.29, 0.717) is 6.04 Å². The maximum atomic E-state index is 4.67. The Bertz CT molecular complexity index is 516. The van der Waals surface area contributed by atoms with Crippen LogP contribution in [0.2, 0.25) is 0 Å². The van der Waals surface area contributed by atoms with Gasteiger partial charge < -0.3 is 5.32 Å². The Balaban J connectivity index is 1.95. The number of aryl methyl sites for hydroxylation is 1. The molecule has 0 saturated heterocycles. The number of rotatable bonds is 3. The third kappa shape index (κ3) is 2.47.